The summed E-state index contributed by atoms with van der Waals surface area (Å²) in [6, 6.07) is 17.3. The van der Waals surface area contributed by atoms with E-state index >= 15 is 0 Å². The summed E-state index contributed by atoms with van der Waals surface area (Å²) in [4.78, 5) is 38.4. The van der Waals surface area contributed by atoms with Gasteiger partial charge in [0.05, 0.1) is 12.0 Å². The number of ether oxygens (including phenoxy) is 2. The van der Waals surface area contributed by atoms with E-state index in [-0.39, 0.29) is 36.1 Å². The zero-order valence-electron chi connectivity index (χ0n) is 20.1. The predicted molar refractivity (Wildman–Crippen MR) is 140 cm³/mol. The fourth-order valence-corrected chi connectivity index (χ4v) is 4.22. The van der Waals surface area contributed by atoms with E-state index in [1.165, 1.54) is 37.3 Å². The highest BCUT2D eigenvalue weighted by molar-refractivity contribution is 6.36. The minimum Gasteiger partial charge on any atom is -0.490 e. The van der Waals surface area contributed by atoms with Crippen molar-refractivity contribution >= 4 is 40.7 Å². The van der Waals surface area contributed by atoms with Crippen molar-refractivity contribution in [3.63, 3.8) is 0 Å². The van der Waals surface area contributed by atoms with Gasteiger partial charge in [-0.1, -0.05) is 59.6 Å². The fourth-order valence-electron chi connectivity index (χ4n) is 3.70. The van der Waals surface area contributed by atoms with Gasteiger partial charge in [-0.15, -0.1) is 0 Å². The topological polar surface area (TPSA) is 111 Å². The summed E-state index contributed by atoms with van der Waals surface area (Å²) in [6.45, 7) is -0.499. The van der Waals surface area contributed by atoms with Crippen molar-refractivity contribution in [2.75, 3.05) is 20.8 Å². The molecule has 2 amide bonds. The third-order valence-electron chi connectivity index (χ3n) is 5.62. The van der Waals surface area contributed by atoms with E-state index in [0.717, 1.165) is 5.56 Å². The molecule has 0 aliphatic rings. The van der Waals surface area contributed by atoms with Crippen LogP contribution in [0.2, 0.25) is 10.0 Å². The first kappa shape index (κ1) is 27.8. The molecule has 0 radical (unpaired) electrons. The molecule has 0 aromatic heterocycles. The summed E-state index contributed by atoms with van der Waals surface area (Å²) >= 11 is 12.8. The van der Waals surface area contributed by atoms with Crippen LogP contribution in [0.15, 0.2) is 66.7 Å². The maximum Gasteiger partial charge on any atom is 0.311 e. The molecule has 0 bridgehead atoms. The van der Waals surface area contributed by atoms with Crippen LogP contribution in [-0.4, -0.2) is 48.4 Å². The first-order valence-corrected chi connectivity index (χ1v) is 11.9. The van der Waals surface area contributed by atoms with E-state index in [0.29, 0.717) is 15.6 Å². The van der Waals surface area contributed by atoms with Gasteiger partial charge in [0.25, 0.3) is 5.91 Å². The first-order valence-electron chi connectivity index (χ1n) is 11.2. The van der Waals surface area contributed by atoms with Crippen LogP contribution in [0.1, 0.15) is 11.1 Å². The van der Waals surface area contributed by atoms with Gasteiger partial charge in [-0.2, -0.15) is 0 Å². The Morgan fingerprint density at radius 1 is 1.05 bits per heavy atom. The van der Waals surface area contributed by atoms with E-state index < -0.39 is 23.5 Å². The number of carbonyl (C=O) groups excluding carboxylic acids is 2. The minimum absolute atomic E-state index is 0.0121. The highest BCUT2D eigenvalue weighted by Gasteiger charge is 2.31. The number of hydrogen-bond donors (Lipinski definition) is 1. The summed E-state index contributed by atoms with van der Waals surface area (Å²) in [6.07, 6.45) is 0.236. The van der Waals surface area contributed by atoms with Crippen molar-refractivity contribution in [3.8, 4) is 11.5 Å². The highest BCUT2D eigenvalue weighted by atomic mass is 35.5. The number of nitrogens with zero attached hydrogens (tertiary/aromatic N) is 2. The smallest absolute Gasteiger partial charge is 0.311 e. The summed E-state index contributed by atoms with van der Waals surface area (Å²) < 4.78 is 10.7. The monoisotopic (exact) mass is 545 g/mol. The van der Waals surface area contributed by atoms with Crippen molar-refractivity contribution in [2.24, 2.45) is 0 Å². The van der Waals surface area contributed by atoms with Crippen molar-refractivity contribution in [1.82, 2.24) is 10.2 Å². The molecule has 3 rings (SSSR count). The second-order valence-electron chi connectivity index (χ2n) is 7.92. The molecule has 1 N–H and O–H groups in total. The first-order chi connectivity index (χ1) is 17.7. The van der Waals surface area contributed by atoms with Gasteiger partial charge in [0.2, 0.25) is 11.7 Å². The second-order valence-corrected chi connectivity index (χ2v) is 8.74. The van der Waals surface area contributed by atoms with Gasteiger partial charge in [-0.25, -0.2) is 0 Å². The Bertz CT molecular complexity index is 1250. The Hall–Kier alpha value is -3.82. The van der Waals surface area contributed by atoms with Crippen LogP contribution in [0.4, 0.5) is 5.69 Å². The highest BCUT2D eigenvalue weighted by Crippen LogP contribution is 2.31. The standard InChI is InChI=1S/C26H25Cl2N3O6/c1-29-26(33)23(13-17-7-4-3-5-8-17)30(15-19-20(27)9-6-10-21(19)28)25(32)16-37-18-11-12-22(31(34)35)24(14-18)36-2/h3-12,14,23H,13,15-16H2,1-2H3,(H,29,33)/t23-/m0/s1. The zero-order valence-corrected chi connectivity index (χ0v) is 21.7. The average molecular weight is 546 g/mol. The van der Waals surface area contributed by atoms with Crippen molar-refractivity contribution < 1.29 is 24.0 Å². The SMILES string of the molecule is CNC(=O)[C@H](Cc1ccccc1)N(Cc1c(Cl)cccc1Cl)C(=O)COc1ccc([N+](=O)[O-])c(OC)c1. The molecule has 0 fully saturated rings. The van der Waals surface area contributed by atoms with Gasteiger partial charge < -0.3 is 19.7 Å². The molecule has 194 valence electrons. The van der Waals surface area contributed by atoms with Crippen LogP contribution in [-0.2, 0) is 22.6 Å². The molecule has 0 aliphatic carbocycles. The number of carbonyl (C=O) groups is 2. The fraction of sp³-hybridized carbons (Fsp3) is 0.231. The van der Waals surface area contributed by atoms with Crippen LogP contribution in [0.5, 0.6) is 11.5 Å². The largest absolute Gasteiger partial charge is 0.490 e. The molecule has 11 heteroatoms. The minimum atomic E-state index is -0.901. The Labute approximate surface area is 224 Å². The number of benzene rings is 3. The quantitative estimate of drug-likeness (QED) is 0.276. The summed E-state index contributed by atoms with van der Waals surface area (Å²) in [7, 11) is 2.79. The molecular weight excluding hydrogens is 521 g/mol. The third-order valence-corrected chi connectivity index (χ3v) is 6.33. The molecule has 0 saturated heterocycles. The number of likely N-dealkylation sites (N-methyl/N-ethyl adjacent to an activating group) is 1. The number of rotatable bonds is 11. The van der Waals surface area contributed by atoms with Gasteiger partial charge in [0, 0.05) is 47.8 Å². The van der Waals surface area contributed by atoms with Gasteiger partial charge in [0.15, 0.2) is 6.61 Å². The van der Waals surface area contributed by atoms with Gasteiger partial charge in [-0.05, 0) is 23.8 Å². The maximum absolute atomic E-state index is 13.5. The lowest BCUT2D eigenvalue weighted by molar-refractivity contribution is -0.385. The van der Waals surface area contributed by atoms with Crippen molar-refractivity contribution in [3.05, 3.63) is 98.0 Å². The number of nitrogens with one attached hydrogen (secondary N) is 1. The lowest BCUT2D eigenvalue weighted by atomic mass is 10.0. The lowest BCUT2D eigenvalue weighted by Crippen LogP contribution is -2.51. The Morgan fingerprint density at radius 3 is 2.32 bits per heavy atom. The van der Waals surface area contributed by atoms with E-state index in [2.05, 4.69) is 5.32 Å². The predicted octanol–water partition coefficient (Wildman–Crippen LogP) is 4.68. The molecule has 37 heavy (non-hydrogen) atoms. The molecule has 0 heterocycles. The number of nitro benzene ring substituents is 1. The molecule has 3 aromatic rings. The zero-order chi connectivity index (χ0) is 26.9. The van der Waals surface area contributed by atoms with Gasteiger partial charge >= 0.3 is 5.69 Å². The molecule has 0 saturated carbocycles. The average Bonchev–Trinajstić information content (AvgIpc) is 2.90. The van der Waals surface area contributed by atoms with Gasteiger partial charge in [0.1, 0.15) is 11.8 Å². The van der Waals surface area contributed by atoms with Crippen LogP contribution in [0.25, 0.3) is 0 Å². The van der Waals surface area contributed by atoms with Crippen LogP contribution in [0.3, 0.4) is 0 Å². The van der Waals surface area contributed by atoms with E-state index in [1.54, 1.807) is 18.2 Å². The van der Waals surface area contributed by atoms with E-state index in [1.807, 2.05) is 30.3 Å². The van der Waals surface area contributed by atoms with Crippen LogP contribution in [0, 0.1) is 10.1 Å². The molecule has 0 unspecified atom stereocenters. The summed E-state index contributed by atoms with van der Waals surface area (Å²) in [5, 5.41) is 14.5. The Morgan fingerprint density at radius 2 is 1.73 bits per heavy atom. The molecule has 9 nitrogen and oxygen atoms in total. The van der Waals surface area contributed by atoms with Gasteiger partial charge in [-0.3, -0.25) is 19.7 Å². The van der Waals surface area contributed by atoms with Crippen LogP contribution >= 0.6 is 23.2 Å². The molecule has 0 aliphatic heterocycles. The van der Waals surface area contributed by atoms with Crippen molar-refractivity contribution in [2.45, 2.75) is 19.0 Å². The number of methoxy groups -OCH3 is 1. The summed E-state index contributed by atoms with van der Waals surface area (Å²) in [5.41, 5.74) is 1.09. The Balaban J connectivity index is 1.92. The van der Waals surface area contributed by atoms with Crippen molar-refractivity contribution in [1.29, 1.82) is 0 Å². The number of amides is 2. The molecule has 1 atom stereocenters. The summed E-state index contributed by atoms with van der Waals surface area (Å²) in [5.74, 6) is -0.719. The van der Waals surface area contributed by atoms with E-state index in [4.69, 9.17) is 32.7 Å². The van der Waals surface area contributed by atoms with Crippen LogP contribution < -0.4 is 14.8 Å². The molecule has 0 spiro atoms. The molecular formula is C26H25Cl2N3O6. The molecule has 3 aromatic carbocycles. The number of nitro groups is 1. The normalized spacial score (nSPS) is 11.4. The second kappa shape index (κ2) is 12.9. The Kier molecular flexibility index (Phi) is 9.71. The lowest BCUT2D eigenvalue weighted by Gasteiger charge is -2.31. The van der Waals surface area contributed by atoms with E-state index in [9.17, 15) is 19.7 Å². The number of halogens is 2. The third kappa shape index (κ3) is 7.12. The number of hydrogen-bond acceptors (Lipinski definition) is 6. The maximum atomic E-state index is 13.5.